The van der Waals surface area contributed by atoms with Gasteiger partial charge in [0.1, 0.15) is 11.6 Å². The largest absolute Gasteiger partial charge is 0.446 e. The molecule has 0 fully saturated rings. The zero-order valence-corrected chi connectivity index (χ0v) is 19.9. The minimum Gasteiger partial charge on any atom is -0.337 e. The van der Waals surface area contributed by atoms with Crippen LogP contribution < -0.4 is 10.6 Å². The molecule has 0 N–H and O–H groups in total. The van der Waals surface area contributed by atoms with E-state index >= 15 is 0 Å². The van der Waals surface area contributed by atoms with Crippen molar-refractivity contribution in [3.63, 3.8) is 0 Å². The van der Waals surface area contributed by atoms with E-state index in [-0.39, 0.29) is 29.0 Å². The van der Waals surface area contributed by atoms with Crippen molar-refractivity contribution in [3.8, 4) is 0 Å². The first-order valence-corrected chi connectivity index (χ1v) is 12.1. The summed E-state index contributed by atoms with van der Waals surface area (Å²) in [6.07, 6.45) is 4.08. The Hall–Kier alpha value is -3.14. The smallest absolute Gasteiger partial charge is 0.337 e. The molecule has 0 aliphatic carbocycles. The molecule has 3 aromatic rings. The zero-order valence-electron chi connectivity index (χ0n) is 19.1. The van der Waals surface area contributed by atoms with E-state index in [1.54, 1.807) is 24.3 Å². The lowest BCUT2D eigenvalue weighted by molar-refractivity contribution is -0.0328. The fraction of sp³-hybridized carbons (Fsp3) is 0.320. The second kappa shape index (κ2) is 10.6. The zero-order chi connectivity index (χ0) is 25.0. The monoisotopic (exact) mass is 504 g/mol. The predicted molar refractivity (Wildman–Crippen MR) is 129 cm³/mol. The van der Waals surface area contributed by atoms with E-state index < -0.39 is 11.2 Å². The van der Waals surface area contributed by atoms with E-state index in [4.69, 9.17) is 0 Å². The second-order valence-electron chi connectivity index (χ2n) is 8.18. The average molecular weight is 505 g/mol. The van der Waals surface area contributed by atoms with Gasteiger partial charge in [-0.2, -0.15) is 23.1 Å². The summed E-state index contributed by atoms with van der Waals surface area (Å²) in [4.78, 5) is 23.8. The van der Waals surface area contributed by atoms with Crippen LogP contribution in [0.2, 0.25) is 0 Å². The van der Waals surface area contributed by atoms with E-state index in [1.807, 2.05) is 17.9 Å². The van der Waals surface area contributed by atoms with Gasteiger partial charge in [-0.25, -0.2) is 9.18 Å². The Morgan fingerprint density at radius 2 is 1.74 bits per heavy atom. The third kappa shape index (κ3) is 6.50. The van der Waals surface area contributed by atoms with Gasteiger partial charge in [0.05, 0.1) is 6.54 Å². The highest BCUT2D eigenvalue weighted by molar-refractivity contribution is 8.00. The number of nitrogens with zero attached hydrogens (tertiary/aromatic N) is 4. The summed E-state index contributed by atoms with van der Waals surface area (Å²) >= 11 is -0.173. The summed E-state index contributed by atoms with van der Waals surface area (Å²) < 4.78 is 52.4. The van der Waals surface area contributed by atoms with Crippen molar-refractivity contribution >= 4 is 23.3 Å². The Balaban J connectivity index is 1.52. The van der Waals surface area contributed by atoms with Crippen molar-refractivity contribution in [2.45, 2.75) is 43.1 Å². The molecule has 0 saturated heterocycles. The molecular weight excluding hydrogens is 480 g/mol. The number of hydrogen-bond acceptors (Lipinski definition) is 5. The summed E-state index contributed by atoms with van der Waals surface area (Å²) in [7, 11) is 0. The van der Waals surface area contributed by atoms with Crippen LogP contribution in [0.4, 0.5) is 23.5 Å². The molecule has 2 heterocycles. The van der Waals surface area contributed by atoms with E-state index in [2.05, 4.69) is 9.97 Å². The highest BCUT2D eigenvalue weighted by Crippen LogP contribution is 2.36. The highest BCUT2D eigenvalue weighted by Gasteiger charge is 2.29. The van der Waals surface area contributed by atoms with Crippen LogP contribution in [-0.4, -0.2) is 33.1 Å². The number of anilines is 1. The maximum Gasteiger partial charge on any atom is 0.446 e. The van der Waals surface area contributed by atoms with Crippen molar-refractivity contribution in [1.82, 2.24) is 14.5 Å². The van der Waals surface area contributed by atoms with Crippen LogP contribution in [0.25, 0.3) is 5.57 Å². The number of aryl methyl sites for hydroxylation is 1. The molecule has 1 aromatic heterocycles. The van der Waals surface area contributed by atoms with Crippen molar-refractivity contribution in [3.05, 3.63) is 87.9 Å². The Morgan fingerprint density at radius 1 is 1.03 bits per heavy atom. The lowest BCUT2D eigenvalue weighted by Crippen LogP contribution is -2.35. The van der Waals surface area contributed by atoms with Crippen LogP contribution in [-0.2, 0) is 13.0 Å². The van der Waals surface area contributed by atoms with Gasteiger partial charge in [0.15, 0.2) is 0 Å². The molecule has 184 valence electrons. The molecule has 0 amide bonds. The Labute approximate surface area is 204 Å². The van der Waals surface area contributed by atoms with Crippen LogP contribution in [0.15, 0.2) is 64.3 Å². The predicted octanol–water partition coefficient (Wildman–Crippen LogP) is 5.68. The first-order valence-electron chi connectivity index (χ1n) is 11.2. The third-order valence-corrected chi connectivity index (χ3v) is 6.38. The minimum atomic E-state index is -4.35. The van der Waals surface area contributed by atoms with Gasteiger partial charge in [-0.1, -0.05) is 37.3 Å². The number of alkyl halides is 3. The van der Waals surface area contributed by atoms with Gasteiger partial charge in [0, 0.05) is 24.4 Å². The molecule has 0 saturated carbocycles. The molecule has 0 spiro atoms. The van der Waals surface area contributed by atoms with Crippen LogP contribution in [0.3, 0.4) is 0 Å². The van der Waals surface area contributed by atoms with Gasteiger partial charge < -0.3 is 4.90 Å². The first-order chi connectivity index (χ1) is 16.7. The molecule has 10 heteroatoms. The summed E-state index contributed by atoms with van der Waals surface area (Å²) in [6.45, 7) is 3.31. The summed E-state index contributed by atoms with van der Waals surface area (Å²) in [5.41, 5.74) is -2.03. The number of aromatic nitrogens is 3. The summed E-state index contributed by atoms with van der Waals surface area (Å²) in [5.74, 6) is 0.672. The number of halogens is 4. The quantitative estimate of drug-likeness (QED) is 0.306. The average Bonchev–Trinajstić information content (AvgIpc) is 2.82. The molecular formula is C25H24F4N4OS. The highest BCUT2D eigenvalue weighted by atomic mass is 32.2. The molecule has 4 rings (SSSR count). The van der Waals surface area contributed by atoms with Gasteiger partial charge in [-0.3, -0.25) is 4.57 Å². The van der Waals surface area contributed by atoms with E-state index in [0.29, 0.717) is 43.3 Å². The van der Waals surface area contributed by atoms with Gasteiger partial charge in [-0.15, -0.1) is 0 Å². The van der Waals surface area contributed by atoms with E-state index in [1.165, 1.54) is 28.8 Å². The SMILES string of the molecule is CCCc1nc(N2CC=C(c3ccc(F)cc3)CC2)nc(=O)n1Cc1ccc(SC(F)(F)F)cc1. The van der Waals surface area contributed by atoms with Crippen LogP contribution in [0.1, 0.15) is 36.7 Å². The van der Waals surface area contributed by atoms with Gasteiger partial charge in [0.2, 0.25) is 5.95 Å². The normalized spacial score (nSPS) is 14.2. The molecule has 1 aliphatic rings. The standard InChI is InChI=1S/C25H24F4N4OS/c1-2-3-22-30-23(32-14-12-19(13-15-32)18-6-8-20(26)9-7-18)31-24(34)33(22)16-17-4-10-21(11-5-17)35-25(27,28)29/h4-12H,2-3,13-16H2,1H3. The maximum atomic E-state index is 13.2. The third-order valence-electron chi connectivity index (χ3n) is 5.65. The fourth-order valence-electron chi connectivity index (χ4n) is 3.93. The molecule has 35 heavy (non-hydrogen) atoms. The van der Waals surface area contributed by atoms with Gasteiger partial charge in [0.25, 0.3) is 0 Å². The molecule has 0 radical (unpaired) electrons. The molecule has 0 unspecified atom stereocenters. The molecule has 1 aliphatic heterocycles. The van der Waals surface area contributed by atoms with Crippen LogP contribution in [0.5, 0.6) is 0 Å². The van der Waals surface area contributed by atoms with E-state index in [0.717, 1.165) is 17.6 Å². The van der Waals surface area contributed by atoms with Gasteiger partial charge >= 0.3 is 11.2 Å². The van der Waals surface area contributed by atoms with Crippen molar-refractivity contribution in [2.24, 2.45) is 0 Å². The van der Waals surface area contributed by atoms with Crippen LogP contribution in [0, 0.1) is 5.82 Å². The number of hydrogen-bond donors (Lipinski definition) is 0. The van der Waals surface area contributed by atoms with Crippen LogP contribution >= 0.6 is 11.8 Å². The number of benzene rings is 2. The minimum absolute atomic E-state index is 0.0899. The fourth-order valence-corrected chi connectivity index (χ4v) is 4.47. The topological polar surface area (TPSA) is 51.0 Å². The number of rotatable bonds is 7. The Kier molecular flexibility index (Phi) is 7.59. The number of thioether (sulfide) groups is 1. The second-order valence-corrected chi connectivity index (χ2v) is 9.32. The van der Waals surface area contributed by atoms with E-state index in [9.17, 15) is 22.4 Å². The molecule has 2 aromatic carbocycles. The van der Waals surface area contributed by atoms with Gasteiger partial charge in [-0.05, 0) is 65.6 Å². The Morgan fingerprint density at radius 3 is 2.34 bits per heavy atom. The van der Waals surface area contributed by atoms with Crippen molar-refractivity contribution in [2.75, 3.05) is 18.0 Å². The molecule has 0 atom stereocenters. The molecule has 0 bridgehead atoms. The first kappa shape index (κ1) is 25.0. The lowest BCUT2D eigenvalue weighted by atomic mass is 10.00. The lowest BCUT2D eigenvalue weighted by Gasteiger charge is -2.27. The van der Waals surface area contributed by atoms with Crippen molar-refractivity contribution in [1.29, 1.82) is 0 Å². The van der Waals surface area contributed by atoms with Crippen molar-refractivity contribution < 1.29 is 17.6 Å². The molecule has 5 nitrogen and oxygen atoms in total. The Bertz CT molecular complexity index is 1250. The summed E-state index contributed by atoms with van der Waals surface area (Å²) in [5, 5.41) is 0. The summed E-state index contributed by atoms with van der Waals surface area (Å²) in [6, 6.07) is 12.3. The maximum absolute atomic E-state index is 13.2.